The van der Waals surface area contributed by atoms with E-state index in [1.807, 2.05) is 0 Å². The third-order valence-corrected chi connectivity index (χ3v) is 2.12. The van der Waals surface area contributed by atoms with Gasteiger partial charge in [-0.15, -0.1) is 0 Å². The van der Waals surface area contributed by atoms with Crippen molar-refractivity contribution in [2.75, 3.05) is 0 Å². The van der Waals surface area contributed by atoms with Gasteiger partial charge in [0.05, 0.1) is 0 Å². The van der Waals surface area contributed by atoms with Gasteiger partial charge in [-0.3, -0.25) is 4.79 Å². The smallest absolute Gasteiger partial charge is 0.454 e. The zero-order valence-electron chi connectivity index (χ0n) is 6.16. The minimum absolute atomic E-state index is 0.630. The molecule has 0 bridgehead atoms. The van der Waals surface area contributed by atoms with Gasteiger partial charge in [0, 0.05) is 0 Å². The first-order valence-electron chi connectivity index (χ1n) is 3.33. The van der Waals surface area contributed by atoms with Crippen LogP contribution in [0.4, 0.5) is 22.0 Å². The molecule has 1 aliphatic rings. The summed E-state index contributed by atoms with van der Waals surface area (Å²) >= 11 is 0. The summed E-state index contributed by atoms with van der Waals surface area (Å²) in [6, 6.07) is 0. The molecule has 0 radical (unpaired) electrons. The van der Waals surface area contributed by atoms with Crippen molar-refractivity contribution in [3.8, 4) is 0 Å². The van der Waals surface area contributed by atoms with Crippen LogP contribution in [0.15, 0.2) is 0 Å². The van der Waals surface area contributed by atoms with E-state index in [1.165, 1.54) is 0 Å². The van der Waals surface area contributed by atoms with Gasteiger partial charge in [0.1, 0.15) is 5.41 Å². The first kappa shape index (κ1) is 10.2. The van der Waals surface area contributed by atoms with Crippen LogP contribution in [0, 0.1) is 5.41 Å². The first-order chi connectivity index (χ1) is 5.65. The number of aliphatic carboxylic acids is 1. The molecule has 0 heterocycles. The van der Waals surface area contributed by atoms with Crippen molar-refractivity contribution in [3.05, 3.63) is 0 Å². The largest absolute Gasteiger partial charge is 0.481 e. The average Bonchev–Trinajstić information content (AvgIpc) is 2.61. The normalized spacial score (nSPS) is 21.3. The third kappa shape index (κ3) is 1.17. The van der Waals surface area contributed by atoms with E-state index in [9.17, 15) is 26.7 Å². The van der Waals surface area contributed by atoms with Crippen molar-refractivity contribution in [3.63, 3.8) is 0 Å². The Labute approximate surface area is 69.3 Å². The Balaban J connectivity index is 3.00. The maximum atomic E-state index is 12.5. The van der Waals surface area contributed by atoms with Crippen molar-refractivity contribution in [2.45, 2.75) is 24.9 Å². The van der Waals surface area contributed by atoms with Crippen LogP contribution < -0.4 is 0 Å². The molecule has 0 saturated heterocycles. The van der Waals surface area contributed by atoms with Crippen LogP contribution in [-0.2, 0) is 4.79 Å². The Morgan fingerprint density at radius 3 is 1.62 bits per heavy atom. The second kappa shape index (κ2) is 2.33. The summed E-state index contributed by atoms with van der Waals surface area (Å²) in [5.41, 5.74) is -2.91. The van der Waals surface area contributed by atoms with Crippen molar-refractivity contribution in [2.24, 2.45) is 5.41 Å². The Morgan fingerprint density at radius 1 is 1.15 bits per heavy atom. The van der Waals surface area contributed by atoms with Crippen LogP contribution in [0.2, 0.25) is 0 Å². The van der Waals surface area contributed by atoms with Crippen LogP contribution in [0.1, 0.15) is 12.8 Å². The fourth-order valence-corrected chi connectivity index (χ4v) is 1.06. The second-order valence-corrected chi connectivity index (χ2v) is 2.96. The molecular weight excluding hydrogens is 199 g/mol. The van der Waals surface area contributed by atoms with Crippen molar-refractivity contribution >= 4 is 5.97 Å². The van der Waals surface area contributed by atoms with Crippen LogP contribution >= 0.6 is 0 Å². The maximum Gasteiger partial charge on any atom is 0.454 e. The molecule has 0 aromatic rings. The predicted molar refractivity (Wildman–Crippen MR) is 30.3 cm³/mol. The van der Waals surface area contributed by atoms with Crippen LogP contribution in [-0.4, -0.2) is 23.2 Å². The van der Waals surface area contributed by atoms with Crippen LogP contribution in [0.3, 0.4) is 0 Å². The Bertz CT molecular complexity index is 240. The summed E-state index contributed by atoms with van der Waals surface area (Å²) in [6.45, 7) is 0. The monoisotopic (exact) mass is 204 g/mol. The number of carboxylic acids is 1. The van der Waals surface area contributed by atoms with Gasteiger partial charge in [0.2, 0.25) is 0 Å². The zero-order valence-corrected chi connectivity index (χ0v) is 6.16. The topological polar surface area (TPSA) is 37.3 Å². The van der Waals surface area contributed by atoms with Crippen molar-refractivity contribution < 1.29 is 31.9 Å². The van der Waals surface area contributed by atoms with E-state index in [0.29, 0.717) is 0 Å². The molecule has 0 amide bonds. The van der Waals surface area contributed by atoms with E-state index in [0.717, 1.165) is 0 Å². The van der Waals surface area contributed by atoms with Gasteiger partial charge in [-0.25, -0.2) is 0 Å². The number of hydrogen-bond donors (Lipinski definition) is 1. The van der Waals surface area contributed by atoms with Gasteiger partial charge in [-0.05, 0) is 12.8 Å². The molecule has 0 aliphatic heterocycles. The quantitative estimate of drug-likeness (QED) is 0.699. The van der Waals surface area contributed by atoms with E-state index in [2.05, 4.69) is 0 Å². The third-order valence-electron chi connectivity index (χ3n) is 2.12. The maximum absolute atomic E-state index is 12.5. The molecule has 0 aromatic heterocycles. The van der Waals surface area contributed by atoms with Gasteiger partial charge in [0.15, 0.2) is 0 Å². The minimum atomic E-state index is -5.79. The number of hydrogen-bond acceptors (Lipinski definition) is 1. The fourth-order valence-electron chi connectivity index (χ4n) is 1.06. The molecule has 0 spiro atoms. The standard InChI is InChI=1S/C6H5F5O2/c7-5(8,6(9,10)11)4(1-2-4)3(12)13/h1-2H2,(H,12,13). The molecule has 0 unspecified atom stereocenters. The molecule has 76 valence electrons. The molecule has 0 aromatic carbocycles. The van der Waals surface area contributed by atoms with Crippen molar-refractivity contribution in [1.82, 2.24) is 0 Å². The molecule has 0 atom stereocenters. The number of alkyl halides is 5. The molecule has 2 nitrogen and oxygen atoms in total. The molecule has 1 aliphatic carbocycles. The summed E-state index contributed by atoms with van der Waals surface area (Å²) in [5, 5.41) is 8.22. The summed E-state index contributed by atoms with van der Waals surface area (Å²) in [4.78, 5) is 10.2. The first-order valence-corrected chi connectivity index (χ1v) is 3.33. The van der Waals surface area contributed by atoms with Gasteiger partial charge in [-0.2, -0.15) is 22.0 Å². The highest BCUT2D eigenvalue weighted by Gasteiger charge is 2.78. The van der Waals surface area contributed by atoms with E-state index in [1.54, 1.807) is 0 Å². The second-order valence-electron chi connectivity index (χ2n) is 2.96. The Morgan fingerprint density at radius 2 is 1.54 bits per heavy atom. The van der Waals surface area contributed by atoms with Gasteiger partial charge in [-0.1, -0.05) is 0 Å². The molecule has 1 rings (SSSR count). The van der Waals surface area contributed by atoms with Gasteiger partial charge >= 0.3 is 18.1 Å². The average molecular weight is 204 g/mol. The zero-order chi connectivity index (χ0) is 10.5. The molecular formula is C6H5F5O2. The number of halogens is 5. The Hall–Kier alpha value is -0.880. The highest BCUT2D eigenvalue weighted by atomic mass is 19.4. The van der Waals surface area contributed by atoms with E-state index >= 15 is 0 Å². The summed E-state index contributed by atoms with van der Waals surface area (Å²) in [5.74, 6) is -7.22. The van der Waals surface area contributed by atoms with Crippen molar-refractivity contribution in [1.29, 1.82) is 0 Å². The Kier molecular flexibility index (Phi) is 1.83. The fraction of sp³-hybridized carbons (Fsp3) is 0.833. The highest BCUT2D eigenvalue weighted by Crippen LogP contribution is 2.62. The number of carboxylic acid groups (broad SMARTS) is 1. The van der Waals surface area contributed by atoms with E-state index in [-0.39, 0.29) is 0 Å². The number of rotatable bonds is 2. The van der Waals surface area contributed by atoms with Gasteiger partial charge in [0.25, 0.3) is 0 Å². The summed E-state index contributed by atoms with van der Waals surface area (Å²) < 4.78 is 60.2. The molecule has 1 fully saturated rings. The van der Waals surface area contributed by atoms with Crippen LogP contribution in [0.25, 0.3) is 0 Å². The molecule has 1 saturated carbocycles. The van der Waals surface area contributed by atoms with Crippen LogP contribution in [0.5, 0.6) is 0 Å². The molecule has 1 N–H and O–H groups in total. The highest BCUT2D eigenvalue weighted by molar-refractivity contribution is 5.79. The van der Waals surface area contributed by atoms with Gasteiger partial charge < -0.3 is 5.11 Å². The van der Waals surface area contributed by atoms with E-state index in [4.69, 9.17) is 5.11 Å². The minimum Gasteiger partial charge on any atom is -0.481 e. The summed E-state index contributed by atoms with van der Waals surface area (Å²) in [7, 11) is 0. The summed E-state index contributed by atoms with van der Waals surface area (Å²) in [6.07, 6.45) is -7.05. The van der Waals surface area contributed by atoms with E-state index < -0.39 is 36.3 Å². The lowest BCUT2D eigenvalue weighted by molar-refractivity contribution is -0.306. The lowest BCUT2D eigenvalue weighted by Crippen LogP contribution is -2.48. The SMILES string of the molecule is O=C(O)C1(C(F)(F)C(F)(F)F)CC1. The number of carbonyl (C=O) groups is 1. The predicted octanol–water partition coefficient (Wildman–Crippen LogP) is 2.05. The molecule has 13 heavy (non-hydrogen) atoms. The molecule has 7 heteroatoms. The lowest BCUT2D eigenvalue weighted by Gasteiger charge is -2.25. The lowest BCUT2D eigenvalue weighted by atomic mass is 9.98.